The first-order valence-electron chi connectivity index (χ1n) is 8.96. The summed E-state index contributed by atoms with van der Waals surface area (Å²) in [6, 6.07) is 8.08. The van der Waals surface area contributed by atoms with Gasteiger partial charge < -0.3 is 19.7 Å². The van der Waals surface area contributed by atoms with Gasteiger partial charge in [0.05, 0.1) is 24.9 Å². The van der Waals surface area contributed by atoms with Crippen LogP contribution in [0, 0.1) is 0 Å². The smallest absolute Gasteiger partial charge is 0.244 e. The molecule has 1 aliphatic heterocycles. The van der Waals surface area contributed by atoms with Gasteiger partial charge in [0.1, 0.15) is 5.75 Å². The molecule has 0 bridgehead atoms. The fourth-order valence-electron chi connectivity index (χ4n) is 3.87. The van der Waals surface area contributed by atoms with E-state index >= 15 is 0 Å². The van der Waals surface area contributed by atoms with Crippen molar-refractivity contribution in [2.45, 2.75) is 56.7 Å². The fraction of sp³-hybridized carbons (Fsp3) is 0.632. The third-order valence-electron chi connectivity index (χ3n) is 5.26. The lowest BCUT2D eigenvalue weighted by atomic mass is 9.91. The predicted octanol–water partition coefficient (Wildman–Crippen LogP) is 2.74. The number of hydrogen-bond acceptors (Lipinski definition) is 4. The van der Waals surface area contributed by atoms with Crippen LogP contribution in [0.15, 0.2) is 24.3 Å². The highest BCUT2D eigenvalue weighted by Crippen LogP contribution is 2.31. The van der Waals surface area contributed by atoms with E-state index in [-0.39, 0.29) is 11.9 Å². The molecule has 1 aromatic rings. The number of benzene rings is 1. The summed E-state index contributed by atoms with van der Waals surface area (Å²) in [5.41, 5.74) is 0.875. The van der Waals surface area contributed by atoms with E-state index in [9.17, 15) is 4.79 Å². The van der Waals surface area contributed by atoms with E-state index in [1.807, 2.05) is 29.2 Å². The number of carbonyl (C=O) groups is 1. The van der Waals surface area contributed by atoms with Gasteiger partial charge in [-0.05, 0) is 50.7 Å². The highest BCUT2D eigenvalue weighted by Gasteiger charge is 2.33. The molecule has 1 aliphatic carbocycles. The second-order valence-electron chi connectivity index (χ2n) is 6.73. The number of nitrogens with zero attached hydrogens (tertiary/aromatic N) is 1. The van der Waals surface area contributed by atoms with Crippen molar-refractivity contribution in [3.05, 3.63) is 24.3 Å². The zero-order valence-electron chi connectivity index (χ0n) is 14.7. The Labute approximate surface area is 144 Å². The topological polar surface area (TPSA) is 50.8 Å². The lowest BCUT2D eigenvalue weighted by Crippen LogP contribution is -2.54. The van der Waals surface area contributed by atoms with Crippen molar-refractivity contribution in [1.82, 2.24) is 5.32 Å². The molecule has 1 saturated carbocycles. The molecule has 5 nitrogen and oxygen atoms in total. The Morgan fingerprint density at radius 2 is 1.83 bits per heavy atom. The average molecular weight is 332 g/mol. The second kappa shape index (κ2) is 7.99. The van der Waals surface area contributed by atoms with Gasteiger partial charge in [-0.2, -0.15) is 0 Å². The quantitative estimate of drug-likeness (QED) is 0.901. The van der Waals surface area contributed by atoms with Crippen molar-refractivity contribution >= 4 is 11.6 Å². The van der Waals surface area contributed by atoms with Crippen LogP contribution >= 0.6 is 0 Å². The van der Waals surface area contributed by atoms with Gasteiger partial charge in [-0.1, -0.05) is 12.1 Å². The van der Waals surface area contributed by atoms with E-state index in [2.05, 4.69) is 5.32 Å². The summed E-state index contributed by atoms with van der Waals surface area (Å²) in [5.74, 6) is 0.923. The van der Waals surface area contributed by atoms with Crippen LogP contribution in [-0.4, -0.2) is 44.9 Å². The molecule has 1 N–H and O–H groups in total. The Hall–Kier alpha value is -1.59. The summed E-state index contributed by atoms with van der Waals surface area (Å²) in [7, 11) is 3.44. The molecule has 0 unspecified atom stereocenters. The minimum atomic E-state index is -0.0900. The molecular weight excluding hydrogens is 304 g/mol. The van der Waals surface area contributed by atoms with Crippen LogP contribution < -0.4 is 15.0 Å². The van der Waals surface area contributed by atoms with Crippen LogP contribution in [-0.2, 0) is 9.53 Å². The third kappa shape index (κ3) is 3.73. The molecule has 1 aromatic carbocycles. The maximum atomic E-state index is 13.0. The number of methoxy groups -OCH3 is 2. The van der Waals surface area contributed by atoms with E-state index in [1.54, 1.807) is 14.2 Å². The van der Waals surface area contributed by atoms with Crippen LogP contribution in [0.1, 0.15) is 38.5 Å². The Morgan fingerprint density at radius 1 is 1.08 bits per heavy atom. The first-order chi connectivity index (χ1) is 11.7. The summed E-state index contributed by atoms with van der Waals surface area (Å²) in [6.07, 6.45) is 6.61. The monoisotopic (exact) mass is 332 g/mol. The maximum absolute atomic E-state index is 13.0. The van der Waals surface area contributed by atoms with Crippen molar-refractivity contribution in [1.29, 1.82) is 0 Å². The van der Waals surface area contributed by atoms with Crippen LogP contribution in [0.5, 0.6) is 5.75 Å². The van der Waals surface area contributed by atoms with E-state index in [0.29, 0.717) is 12.1 Å². The summed E-state index contributed by atoms with van der Waals surface area (Å²) in [5, 5.41) is 3.60. The van der Waals surface area contributed by atoms with Gasteiger partial charge in [-0.3, -0.25) is 4.79 Å². The van der Waals surface area contributed by atoms with Crippen LogP contribution in [0.4, 0.5) is 5.69 Å². The predicted molar refractivity (Wildman–Crippen MR) is 94.6 cm³/mol. The lowest BCUT2D eigenvalue weighted by Gasteiger charge is -2.37. The van der Waals surface area contributed by atoms with Gasteiger partial charge in [0.25, 0.3) is 0 Å². The number of nitrogens with one attached hydrogen (secondary N) is 1. The number of anilines is 1. The number of rotatable bonds is 5. The highest BCUT2D eigenvalue weighted by atomic mass is 16.5. The van der Waals surface area contributed by atoms with Gasteiger partial charge in [-0.25, -0.2) is 0 Å². The van der Waals surface area contributed by atoms with Crippen molar-refractivity contribution in [3.8, 4) is 5.75 Å². The molecule has 5 heteroatoms. The van der Waals surface area contributed by atoms with Crippen LogP contribution in [0.2, 0.25) is 0 Å². The number of amides is 1. The lowest BCUT2D eigenvalue weighted by molar-refractivity contribution is -0.122. The molecule has 1 heterocycles. The van der Waals surface area contributed by atoms with Crippen molar-refractivity contribution < 1.29 is 14.3 Å². The van der Waals surface area contributed by atoms with Gasteiger partial charge in [0.2, 0.25) is 5.91 Å². The number of hydrogen-bond donors (Lipinski definition) is 1. The molecule has 1 amide bonds. The minimum Gasteiger partial charge on any atom is -0.495 e. The normalized spacial score (nSPS) is 28.0. The van der Waals surface area contributed by atoms with Gasteiger partial charge in [0.15, 0.2) is 0 Å². The number of piperidine rings is 1. The molecule has 0 aromatic heterocycles. The standard InChI is InChI=1S/C19H28N2O3/c1-23-15-11-9-14(10-12-15)20-16-6-5-13-21(19(16)22)17-7-3-4-8-18(17)24-2/h3-4,7-8,14-16,20H,5-6,9-13H2,1-2H3/t14?,15?,16-/m1/s1. The summed E-state index contributed by atoms with van der Waals surface area (Å²) in [6.45, 7) is 0.758. The van der Waals surface area contributed by atoms with E-state index in [1.165, 1.54) is 0 Å². The molecule has 24 heavy (non-hydrogen) atoms. The molecule has 0 radical (unpaired) electrons. The Kier molecular flexibility index (Phi) is 5.74. The Balaban J connectivity index is 1.65. The fourth-order valence-corrected chi connectivity index (χ4v) is 3.87. The number of carbonyl (C=O) groups excluding carboxylic acids is 1. The first-order valence-corrected chi connectivity index (χ1v) is 8.96. The summed E-state index contributed by atoms with van der Waals surface area (Å²) >= 11 is 0. The maximum Gasteiger partial charge on any atom is 0.244 e. The number of ether oxygens (including phenoxy) is 2. The van der Waals surface area contributed by atoms with Gasteiger partial charge in [0, 0.05) is 19.7 Å². The molecule has 2 fully saturated rings. The average Bonchev–Trinajstić information content (AvgIpc) is 2.64. The highest BCUT2D eigenvalue weighted by molar-refractivity contribution is 5.99. The van der Waals surface area contributed by atoms with Crippen molar-refractivity contribution in [2.24, 2.45) is 0 Å². The minimum absolute atomic E-state index is 0.0900. The summed E-state index contributed by atoms with van der Waals surface area (Å²) in [4.78, 5) is 14.8. The second-order valence-corrected chi connectivity index (χ2v) is 6.73. The Morgan fingerprint density at radius 3 is 2.54 bits per heavy atom. The molecule has 0 spiro atoms. The zero-order chi connectivity index (χ0) is 16.9. The van der Waals surface area contributed by atoms with Crippen LogP contribution in [0.3, 0.4) is 0 Å². The van der Waals surface area contributed by atoms with Gasteiger partial charge >= 0.3 is 0 Å². The van der Waals surface area contributed by atoms with E-state index < -0.39 is 0 Å². The van der Waals surface area contributed by atoms with Crippen LogP contribution in [0.25, 0.3) is 0 Å². The van der Waals surface area contributed by atoms with E-state index in [0.717, 1.165) is 56.5 Å². The largest absolute Gasteiger partial charge is 0.495 e. The van der Waals surface area contributed by atoms with Gasteiger partial charge in [-0.15, -0.1) is 0 Å². The molecule has 1 saturated heterocycles. The number of para-hydroxylation sites is 2. The van der Waals surface area contributed by atoms with Crippen molar-refractivity contribution in [3.63, 3.8) is 0 Å². The molecular formula is C19H28N2O3. The Bertz CT molecular complexity index is 555. The third-order valence-corrected chi connectivity index (χ3v) is 5.26. The van der Waals surface area contributed by atoms with E-state index in [4.69, 9.17) is 9.47 Å². The molecule has 3 rings (SSSR count). The zero-order valence-corrected chi connectivity index (χ0v) is 14.7. The first kappa shape index (κ1) is 17.2. The molecule has 2 aliphatic rings. The molecule has 1 atom stereocenters. The van der Waals surface area contributed by atoms with Crippen molar-refractivity contribution in [2.75, 3.05) is 25.7 Å². The molecule has 132 valence electrons. The SMILES string of the molecule is COc1ccccc1N1CCC[C@@H](NC2CCC(OC)CC2)C1=O. The summed E-state index contributed by atoms with van der Waals surface area (Å²) < 4.78 is 10.9.